The Bertz CT molecular complexity index is 1380. The molecular formula is C29H29N5O3S. The molecule has 1 aliphatic heterocycles. The Morgan fingerprint density at radius 2 is 1.76 bits per heavy atom. The minimum Gasteiger partial charge on any atom is -0.343 e. The van der Waals surface area contributed by atoms with E-state index in [4.69, 9.17) is 4.98 Å². The minimum absolute atomic E-state index is 0.0495. The molecule has 1 N–H and O–H groups in total. The Hall–Kier alpha value is -4.08. The number of benzene rings is 3. The maximum Gasteiger partial charge on any atom is 0.270 e. The highest BCUT2D eigenvalue weighted by molar-refractivity contribution is 7.14. The van der Waals surface area contributed by atoms with Crippen molar-refractivity contribution < 1.29 is 9.72 Å². The van der Waals surface area contributed by atoms with Gasteiger partial charge in [-0.3, -0.25) is 14.9 Å². The van der Waals surface area contributed by atoms with Crippen LogP contribution in [0.5, 0.6) is 0 Å². The number of amides is 1. The van der Waals surface area contributed by atoms with Gasteiger partial charge in [-0.1, -0.05) is 54.6 Å². The lowest BCUT2D eigenvalue weighted by Crippen LogP contribution is -2.46. The Morgan fingerprint density at radius 3 is 2.50 bits per heavy atom. The molecule has 1 saturated heterocycles. The highest BCUT2D eigenvalue weighted by atomic mass is 32.1. The molecule has 194 valence electrons. The van der Waals surface area contributed by atoms with Crippen LogP contribution in [0.1, 0.15) is 21.5 Å². The van der Waals surface area contributed by atoms with Crippen molar-refractivity contribution in [1.82, 2.24) is 15.2 Å². The van der Waals surface area contributed by atoms with Crippen molar-refractivity contribution in [3.05, 3.63) is 111 Å². The number of nitrogens with zero attached hydrogens (tertiary/aromatic N) is 4. The zero-order valence-corrected chi connectivity index (χ0v) is 21.8. The van der Waals surface area contributed by atoms with Crippen LogP contribution >= 0.6 is 11.3 Å². The predicted molar refractivity (Wildman–Crippen MR) is 151 cm³/mol. The average molecular weight is 528 g/mol. The SMILES string of the molecule is O=C(c1ccc(CN(CCc2ccccc2)c2nc(-c3cccc([N+](=O)[O-])c3)cs2)cc1)N1CCNCC1. The molecule has 0 unspecified atom stereocenters. The second-order valence-electron chi connectivity index (χ2n) is 9.22. The Morgan fingerprint density at radius 1 is 1.00 bits per heavy atom. The second kappa shape index (κ2) is 12.0. The number of hydrogen-bond acceptors (Lipinski definition) is 7. The molecule has 0 aliphatic carbocycles. The fourth-order valence-electron chi connectivity index (χ4n) is 4.50. The van der Waals surface area contributed by atoms with E-state index in [0.717, 1.165) is 61.1 Å². The molecule has 0 spiro atoms. The van der Waals surface area contributed by atoms with Gasteiger partial charge in [0.15, 0.2) is 5.13 Å². The molecule has 9 heteroatoms. The van der Waals surface area contributed by atoms with Gasteiger partial charge in [0.2, 0.25) is 0 Å². The van der Waals surface area contributed by atoms with Gasteiger partial charge in [0.25, 0.3) is 11.6 Å². The van der Waals surface area contributed by atoms with Gasteiger partial charge in [0.05, 0.1) is 10.6 Å². The van der Waals surface area contributed by atoms with Gasteiger partial charge >= 0.3 is 0 Å². The molecule has 0 saturated carbocycles. The number of carbonyl (C=O) groups is 1. The van der Waals surface area contributed by atoms with E-state index in [-0.39, 0.29) is 16.5 Å². The van der Waals surface area contributed by atoms with Crippen LogP contribution in [-0.2, 0) is 13.0 Å². The van der Waals surface area contributed by atoms with Gasteiger partial charge in [-0.2, -0.15) is 0 Å². The summed E-state index contributed by atoms with van der Waals surface area (Å²) in [6.45, 7) is 4.50. The molecule has 0 bridgehead atoms. The summed E-state index contributed by atoms with van der Waals surface area (Å²) in [5.74, 6) is 0.0699. The van der Waals surface area contributed by atoms with E-state index in [1.807, 2.05) is 58.8 Å². The first kappa shape index (κ1) is 25.6. The summed E-state index contributed by atoms with van der Waals surface area (Å²) in [6, 6.07) is 24.7. The van der Waals surface area contributed by atoms with Crippen molar-refractivity contribution in [2.24, 2.45) is 0 Å². The van der Waals surface area contributed by atoms with Crippen LogP contribution in [0.15, 0.2) is 84.2 Å². The molecule has 1 fully saturated rings. The molecule has 1 amide bonds. The van der Waals surface area contributed by atoms with E-state index < -0.39 is 0 Å². The first-order valence-corrected chi connectivity index (χ1v) is 13.5. The molecule has 0 atom stereocenters. The Labute approximate surface area is 225 Å². The van der Waals surface area contributed by atoms with Crippen molar-refractivity contribution in [1.29, 1.82) is 0 Å². The fraction of sp³-hybridized carbons (Fsp3) is 0.241. The quantitative estimate of drug-likeness (QED) is 0.243. The van der Waals surface area contributed by atoms with Gasteiger partial charge < -0.3 is 15.1 Å². The third-order valence-corrected chi connectivity index (χ3v) is 7.51. The zero-order valence-electron chi connectivity index (χ0n) is 21.0. The largest absolute Gasteiger partial charge is 0.343 e. The number of non-ortho nitro benzene ring substituents is 1. The Kier molecular flexibility index (Phi) is 8.06. The summed E-state index contributed by atoms with van der Waals surface area (Å²) >= 11 is 1.53. The predicted octanol–water partition coefficient (Wildman–Crippen LogP) is 5.01. The van der Waals surface area contributed by atoms with Crippen molar-refractivity contribution in [2.75, 3.05) is 37.6 Å². The van der Waals surface area contributed by atoms with E-state index in [9.17, 15) is 14.9 Å². The molecule has 4 aromatic rings. The molecule has 8 nitrogen and oxygen atoms in total. The first-order valence-electron chi connectivity index (χ1n) is 12.6. The number of hydrogen-bond donors (Lipinski definition) is 1. The van der Waals surface area contributed by atoms with Crippen LogP contribution in [0.4, 0.5) is 10.8 Å². The average Bonchev–Trinajstić information content (AvgIpc) is 3.47. The van der Waals surface area contributed by atoms with Crippen LogP contribution in [-0.4, -0.2) is 53.4 Å². The highest BCUT2D eigenvalue weighted by Crippen LogP contribution is 2.30. The van der Waals surface area contributed by atoms with Crippen molar-refractivity contribution in [3.8, 4) is 11.3 Å². The molecular weight excluding hydrogens is 498 g/mol. The monoisotopic (exact) mass is 527 g/mol. The number of nitro benzene ring substituents is 1. The number of carbonyl (C=O) groups excluding carboxylic acids is 1. The van der Waals surface area contributed by atoms with Crippen LogP contribution in [0.3, 0.4) is 0 Å². The lowest BCUT2D eigenvalue weighted by molar-refractivity contribution is -0.384. The summed E-state index contributed by atoms with van der Waals surface area (Å²) in [4.78, 5) is 32.7. The van der Waals surface area contributed by atoms with Crippen LogP contribution in [0.25, 0.3) is 11.3 Å². The lowest BCUT2D eigenvalue weighted by Gasteiger charge is -2.27. The van der Waals surface area contributed by atoms with Crippen molar-refractivity contribution >= 4 is 28.1 Å². The smallest absolute Gasteiger partial charge is 0.270 e. The standard InChI is InChI=1S/C29H29N5O3S/c35-28(32-17-14-30-15-18-32)24-11-9-23(10-12-24)20-33(16-13-22-5-2-1-3-6-22)29-31-27(21-38-29)25-7-4-8-26(19-25)34(36)37/h1-12,19,21,30H,13-18,20H2. The fourth-order valence-corrected chi connectivity index (χ4v) is 5.36. The molecule has 1 aromatic heterocycles. The third kappa shape index (κ3) is 6.24. The molecule has 1 aliphatic rings. The second-order valence-corrected chi connectivity index (χ2v) is 10.1. The maximum atomic E-state index is 12.9. The molecule has 2 heterocycles. The summed E-state index contributed by atoms with van der Waals surface area (Å²) in [7, 11) is 0. The number of rotatable bonds is 9. The normalized spacial score (nSPS) is 13.3. The molecule has 5 rings (SSSR count). The third-order valence-electron chi connectivity index (χ3n) is 6.61. The van der Waals surface area contributed by atoms with Gasteiger partial charge in [0.1, 0.15) is 0 Å². The minimum atomic E-state index is -0.389. The maximum absolute atomic E-state index is 12.9. The van der Waals surface area contributed by atoms with E-state index in [1.54, 1.807) is 12.1 Å². The highest BCUT2D eigenvalue weighted by Gasteiger charge is 2.19. The van der Waals surface area contributed by atoms with E-state index in [0.29, 0.717) is 12.1 Å². The summed E-state index contributed by atoms with van der Waals surface area (Å²) in [5, 5.41) is 17.3. The number of thiazole rings is 1. The molecule has 3 aromatic carbocycles. The summed E-state index contributed by atoms with van der Waals surface area (Å²) < 4.78 is 0. The van der Waals surface area contributed by atoms with Crippen LogP contribution in [0.2, 0.25) is 0 Å². The topological polar surface area (TPSA) is 91.6 Å². The van der Waals surface area contributed by atoms with Gasteiger partial charge in [-0.05, 0) is 29.7 Å². The number of aromatic nitrogens is 1. The van der Waals surface area contributed by atoms with E-state index >= 15 is 0 Å². The number of nitro groups is 1. The summed E-state index contributed by atoms with van der Waals surface area (Å²) in [5.41, 5.74) is 4.52. The number of nitrogens with one attached hydrogen (secondary N) is 1. The van der Waals surface area contributed by atoms with Crippen LogP contribution in [0, 0.1) is 10.1 Å². The lowest BCUT2D eigenvalue weighted by atomic mass is 10.1. The summed E-state index contributed by atoms with van der Waals surface area (Å²) in [6.07, 6.45) is 0.853. The molecule has 38 heavy (non-hydrogen) atoms. The Balaban J connectivity index is 1.35. The zero-order chi connectivity index (χ0) is 26.3. The van der Waals surface area contributed by atoms with E-state index in [1.165, 1.54) is 23.0 Å². The number of anilines is 1. The van der Waals surface area contributed by atoms with Gasteiger partial charge in [-0.15, -0.1) is 11.3 Å². The number of piperazine rings is 1. The van der Waals surface area contributed by atoms with Crippen molar-refractivity contribution in [3.63, 3.8) is 0 Å². The van der Waals surface area contributed by atoms with Crippen molar-refractivity contribution in [2.45, 2.75) is 13.0 Å². The first-order chi connectivity index (χ1) is 18.6. The van der Waals surface area contributed by atoms with Gasteiger partial charge in [0, 0.05) is 67.9 Å². The van der Waals surface area contributed by atoms with Crippen LogP contribution < -0.4 is 10.2 Å². The van der Waals surface area contributed by atoms with E-state index in [2.05, 4.69) is 22.3 Å². The van der Waals surface area contributed by atoms with Gasteiger partial charge in [-0.25, -0.2) is 4.98 Å². The molecule has 0 radical (unpaired) electrons.